The summed E-state index contributed by atoms with van der Waals surface area (Å²) in [5.74, 6) is 0.645. The molecule has 0 fully saturated rings. The van der Waals surface area contributed by atoms with Crippen molar-refractivity contribution >= 4 is 33.6 Å². The molecule has 2 aromatic rings. The predicted octanol–water partition coefficient (Wildman–Crippen LogP) is 3.43. The van der Waals surface area contributed by atoms with Gasteiger partial charge in [0.2, 0.25) is 0 Å². The lowest BCUT2D eigenvalue weighted by Crippen LogP contribution is -1.97. The number of aromatic nitrogens is 2. The summed E-state index contributed by atoms with van der Waals surface area (Å²) in [5.41, 5.74) is 3.13. The monoisotopic (exact) mass is 312 g/mol. The molecule has 0 aromatic carbocycles. The second kappa shape index (κ2) is 4.43. The van der Waals surface area contributed by atoms with Gasteiger partial charge in [-0.1, -0.05) is 13.8 Å². The highest BCUT2D eigenvalue weighted by Gasteiger charge is 2.02. The lowest BCUT2D eigenvalue weighted by Gasteiger charge is -2.05. The molecule has 0 aliphatic heterocycles. The Kier molecular flexibility index (Phi) is 3.19. The molecule has 15 heavy (non-hydrogen) atoms. The van der Waals surface area contributed by atoms with Crippen molar-refractivity contribution in [1.82, 2.24) is 9.97 Å². The van der Waals surface area contributed by atoms with Crippen LogP contribution in [0.4, 0.5) is 0 Å². The Labute approximate surface area is 103 Å². The first-order valence-corrected chi connectivity index (χ1v) is 6.15. The molecule has 0 spiro atoms. The second-order valence-electron chi connectivity index (χ2n) is 4.07. The maximum absolute atomic E-state index is 4.59. The molecule has 2 heterocycles. The molecule has 0 aliphatic carbocycles. The minimum absolute atomic E-state index is 0.645. The van der Waals surface area contributed by atoms with Crippen LogP contribution in [0.5, 0.6) is 0 Å². The van der Waals surface area contributed by atoms with Gasteiger partial charge in [-0.15, -0.1) is 0 Å². The Morgan fingerprint density at radius 2 is 1.73 bits per heavy atom. The quantitative estimate of drug-likeness (QED) is 0.627. The van der Waals surface area contributed by atoms with Crippen molar-refractivity contribution in [2.75, 3.05) is 0 Å². The Hall–Kier alpha value is -0.710. The molecule has 0 aliphatic rings. The van der Waals surface area contributed by atoms with E-state index in [-0.39, 0.29) is 0 Å². The Balaban J connectivity index is 2.43. The van der Waals surface area contributed by atoms with E-state index in [0.717, 1.165) is 26.8 Å². The van der Waals surface area contributed by atoms with E-state index < -0.39 is 0 Å². The van der Waals surface area contributed by atoms with Gasteiger partial charge in [-0.2, -0.15) is 0 Å². The highest BCUT2D eigenvalue weighted by Crippen LogP contribution is 2.14. The van der Waals surface area contributed by atoms with Crippen molar-refractivity contribution in [3.05, 3.63) is 33.7 Å². The number of fused-ring (bicyclic) bond motifs is 1. The highest BCUT2D eigenvalue weighted by molar-refractivity contribution is 14.1. The van der Waals surface area contributed by atoms with E-state index in [2.05, 4.69) is 58.5 Å². The fraction of sp³-hybridized carbons (Fsp3) is 0.333. The van der Waals surface area contributed by atoms with Crippen LogP contribution in [0.2, 0.25) is 0 Å². The van der Waals surface area contributed by atoms with Gasteiger partial charge >= 0.3 is 0 Å². The average molecular weight is 312 g/mol. The fourth-order valence-corrected chi connectivity index (χ4v) is 2.00. The van der Waals surface area contributed by atoms with Crippen molar-refractivity contribution in [1.29, 1.82) is 0 Å². The summed E-state index contributed by atoms with van der Waals surface area (Å²) in [6.07, 6.45) is 1.03. The zero-order chi connectivity index (χ0) is 10.8. The van der Waals surface area contributed by atoms with Gasteiger partial charge in [0, 0.05) is 5.69 Å². The van der Waals surface area contributed by atoms with Gasteiger partial charge in [-0.3, -0.25) is 4.98 Å². The van der Waals surface area contributed by atoms with Crippen molar-refractivity contribution < 1.29 is 0 Å². The number of hydrogen-bond acceptors (Lipinski definition) is 2. The molecular formula is C12H13IN2. The van der Waals surface area contributed by atoms with Gasteiger partial charge in [0.1, 0.15) is 3.70 Å². The van der Waals surface area contributed by atoms with E-state index >= 15 is 0 Å². The Bertz CT molecular complexity index is 480. The topological polar surface area (TPSA) is 25.8 Å². The first-order valence-electron chi connectivity index (χ1n) is 5.07. The van der Waals surface area contributed by atoms with Crippen LogP contribution >= 0.6 is 22.6 Å². The Morgan fingerprint density at radius 1 is 1.07 bits per heavy atom. The third kappa shape index (κ3) is 2.65. The third-order valence-corrected chi connectivity index (χ3v) is 2.78. The number of pyridine rings is 2. The SMILES string of the molecule is CC(C)Cc1ccc2nc(I)ccc2n1. The molecular weight excluding hydrogens is 299 g/mol. The smallest absolute Gasteiger partial charge is 0.102 e. The molecule has 0 N–H and O–H groups in total. The van der Waals surface area contributed by atoms with Crippen molar-refractivity contribution in [2.45, 2.75) is 20.3 Å². The van der Waals surface area contributed by atoms with Crippen molar-refractivity contribution in [2.24, 2.45) is 5.92 Å². The summed E-state index contributed by atoms with van der Waals surface area (Å²) < 4.78 is 1.01. The normalized spacial score (nSPS) is 11.2. The maximum Gasteiger partial charge on any atom is 0.102 e. The third-order valence-electron chi connectivity index (χ3n) is 2.18. The van der Waals surface area contributed by atoms with E-state index in [1.54, 1.807) is 0 Å². The number of nitrogens with zero attached hydrogens (tertiary/aromatic N) is 2. The van der Waals surface area contributed by atoms with Gasteiger partial charge in [-0.05, 0) is 59.2 Å². The first kappa shape index (κ1) is 10.8. The van der Waals surface area contributed by atoms with Crippen LogP contribution < -0.4 is 0 Å². The molecule has 0 atom stereocenters. The van der Waals surface area contributed by atoms with Gasteiger partial charge < -0.3 is 0 Å². The molecule has 0 amide bonds. The van der Waals surface area contributed by atoms with Crippen LogP contribution in [0.15, 0.2) is 24.3 Å². The van der Waals surface area contributed by atoms with E-state index in [1.807, 2.05) is 12.1 Å². The van der Waals surface area contributed by atoms with E-state index in [4.69, 9.17) is 0 Å². The summed E-state index contributed by atoms with van der Waals surface area (Å²) in [4.78, 5) is 9.01. The van der Waals surface area contributed by atoms with Crippen LogP contribution in [0, 0.1) is 9.62 Å². The van der Waals surface area contributed by atoms with Crippen LogP contribution in [-0.2, 0) is 6.42 Å². The number of halogens is 1. The molecule has 2 aromatic heterocycles. The van der Waals surface area contributed by atoms with Crippen molar-refractivity contribution in [3.8, 4) is 0 Å². The maximum atomic E-state index is 4.59. The summed E-state index contributed by atoms with van der Waals surface area (Å²) in [5, 5.41) is 0. The zero-order valence-electron chi connectivity index (χ0n) is 8.87. The fourth-order valence-electron chi connectivity index (χ4n) is 1.56. The summed E-state index contributed by atoms with van der Waals surface area (Å²) in [6.45, 7) is 4.41. The second-order valence-corrected chi connectivity index (χ2v) is 5.18. The van der Waals surface area contributed by atoms with Gasteiger partial charge in [0.15, 0.2) is 0 Å². The van der Waals surface area contributed by atoms with Crippen LogP contribution in [0.1, 0.15) is 19.5 Å². The van der Waals surface area contributed by atoms with Gasteiger partial charge in [0.25, 0.3) is 0 Å². The molecule has 2 rings (SSSR count). The van der Waals surface area contributed by atoms with E-state index in [0.29, 0.717) is 5.92 Å². The summed E-state index contributed by atoms with van der Waals surface area (Å²) in [7, 11) is 0. The molecule has 0 saturated heterocycles. The molecule has 2 nitrogen and oxygen atoms in total. The molecule has 0 saturated carbocycles. The Morgan fingerprint density at radius 3 is 2.47 bits per heavy atom. The van der Waals surface area contributed by atoms with Crippen LogP contribution in [-0.4, -0.2) is 9.97 Å². The minimum Gasteiger partial charge on any atom is -0.251 e. The van der Waals surface area contributed by atoms with Gasteiger partial charge in [-0.25, -0.2) is 4.98 Å². The van der Waals surface area contributed by atoms with E-state index in [9.17, 15) is 0 Å². The standard InChI is InChI=1S/C12H13IN2/c1-8(2)7-9-3-4-11-10(14-9)5-6-12(13)15-11/h3-6,8H,7H2,1-2H3. The summed E-state index contributed by atoms with van der Waals surface area (Å²) >= 11 is 2.22. The minimum atomic E-state index is 0.645. The molecule has 0 bridgehead atoms. The van der Waals surface area contributed by atoms with Crippen LogP contribution in [0.3, 0.4) is 0 Å². The number of hydrogen-bond donors (Lipinski definition) is 0. The largest absolute Gasteiger partial charge is 0.251 e. The number of rotatable bonds is 2. The predicted molar refractivity (Wildman–Crippen MR) is 70.8 cm³/mol. The lowest BCUT2D eigenvalue weighted by atomic mass is 10.1. The lowest BCUT2D eigenvalue weighted by molar-refractivity contribution is 0.637. The molecule has 0 unspecified atom stereocenters. The van der Waals surface area contributed by atoms with E-state index in [1.165, 1.54) is 0 Å². The molecule has 3 heteroatoms. The molecule has 0 radical (unpaired) electrons. The average Bonchev–Trinajstić information content (AvgIpc) is 2.17. The zero-order valence-corrected chi connectivity index (χ0v) is 11.0. The first-order chi connectivity index (χ1) is 7.15. The van der Waals surface area contributed by atoms with Crippen LogP contribution in [0.25, 0.3) is 11.0 Å². The summed E-state index contributed by atoms with van der Waals surface area (Å²) in [6, 6.07) is 8.16. The highest BCUT2D eigenvalue weighted by atomic mass is 127. The molecule has 78 valence electrons. The van der Waals surface area contributed by atoms with Crippen molar-refractivity contribution in [3.63, 3.8) is 0 Å². The van der Waals surface area contributed by atoms with Gasteiger partial charge in [0.05, 0.1) is 11.0 Å².